The first-order valence-corrected chi connectivity index (χ1v) is 7.04. The Hall–Kier alpha value is -1.37. The maximum Gasteiger partial charge on any atom is 0.0733 e. The highest BCUT2D eigenvalue weighted by Gasteiger charge is 2.06. The summed E-state index contributed by atoms with van der Waals surface area (Å²) in [4.78, 5) is 4.42. The van der Waals surface area contributed by atoms with Crippen LogP contribution < -0.4 is 0 Å². The monoisotopic (exact) mass is 245 g/mol. The fourth-order valence-corrected chi connectivity index (χ4v) is 1.84. The number of fused-ring (bicyclic) bond motifs is 1. The van der Waals surface area contributed by atoms with Crippen molar-refractivity contribution in [3.05, 3.63) is 41.6 Å². The van der Waals surface area contributed by atoms with E-state index in [9.17, 15) is 0 Å². The van der Waals surface area contributed by atoms with Crippen LogP contribution in [0.15, 0.2) is 30.5 Å². The van der Waals surface area contributed by atoms with E-state index in [1.54, 1.807) is 0 Å². The average molecular weight is 245 g/mol. The molecule has 1 heteroatoms. The summed E-state index contributed by atoms with van der Waals surface area (Å²) in [7, 11) is 0. The summed E-state index contributed by atoms with van der Waals surface area (Å²) in [6, 6.07) is 8.53. The van der Waals surface area contributed by atoms with Gasteiger partial charge < -0.3 is 0 Å². The molecule has 2 rings (SSSR count). The van der Waals surface area contributed by atoms with E-state index in [4.69, 9.17) is 0 Å². The van der Waals surface area contributed by atoms with Gasteiger partial charge in [0.25, 0.3) is 0 Å². The van der Waals surface area contributed by atoms with Gasteiger partial charge in [-0.05, 0) is 30.0 Å². The molecule has 0 atom stereocenters. The minimum absolute atomic E-state index is 0.558. The Labute approximate surface area is 112 Å². The predicted octanol–water partition coefficient (Wildman–Crippen LogP) is 5.72. The Morgan fingerprint density at radius 2 is 1.56 bits per heavy atom. The molecule has 0 amide bonds. The highest BCUT2D eigenvalue weighted by atomic mass is 14.6. The Balaban J connectivity index is 0.000000659. The number of aryl methyl sites for hydroxylation is 1. The summed E-state index contributed by atoms with van der Waals surface area (Å²) in [6.07, 6.45) is 1.86. The highest BCUT2D eigenvalue weighted by Crippen LogP contribution is 2.25. The van der Waals surface area contributed by atoms with Crippen molar-refractivity contribution in [2.24, 2.45) is 0 Å². The Bertz CT molecular complexity index is 458. The van der Waals surface area contributed by atoms with Gasteiger partial charge in [-0.1, -0.05) is 59.7 Å². The number of hydrogen-bond acceptors (Lipinski definition) is 1. The molecule has 0 spiro atoms. The summed E-state index contributed by atoms with van der Waals surface area (Å²) in [5, 5.41) is 1.29. The fraction of sp³-hybridized carbons (Fsp3) is 0.471. The van der Waals surface area contributed by atoms with Crippen molar-refractivity contribution in [2.45, 2.75) is 54.4 Å². The largest absolute Gasteiger partial charge is 0.256 e. The lowest BCUT2D eigenvalue weighted by atomic mass is 9.96. The summed E-state index contributed by atoms with van der Waals surface area (Å²) in [5.74, 6) is 0.558. The van der Waals surface area contributed by atoms with E-state index in [1.165, 1.54) is 16.5 Å². The Morgan fingerprint density at radius 1 is 0.944 bits per heavy atom. The van der Waals surface area contributed by atoms with Crippen LogP contribution in [0.2, 0.25) is 0 Å². The van der Waals surface area contributed by atoms with Crippen LogP contribution in [0.5, 0.6) is 0 Å². The predicted molar refractivity (Wildman–Crippen MR) is 83.3 cm³/mol. The second-order valence-electron chi connectivity index (χ2n) is 4.03. The number of benzene rings is 1. The molecule has 0 bridgehead atoms. The molecule has 0 saturated carbocycles. The van der Waals surface area contributed by atoms with E-state index < -0.39 is 0 Å². The molecule has 1 nitrogen and oxygen atoms in total. The molecular weight excluding hydrogens is 218 g/mol. The van der Waals surface area contributed by atoms with E-state index in [1.807, 2.05) is 40.0 Å². The molecule has 18 heavy (non-hydrogen) atoms. The van der Waals surface area contributed by atoms with Gasteiger partial charge in [-0.3, -0.25) is 4.98 Å². The van der Waals surface area contributed by atoms with Crippen LogP contribution in [-0.2, 0) is 0 Å². The smallest absolute Gasteiger partial charge is 0.0733 e. The minimum Gasteiger partial charge on any atom is -0.256 e. The first kappa shape index (κ1) is 16.6. The molecule has 0 aliphatic rings. The van der Waals surface area contributed by atoms with E-state index in [2.05, 4.69) is 44.0 Å². The van der Waals surface area contributed by atoms with Crippen molar-refractivity contribution in [1.29, 1.82) is 0 Å². The SMILES string of the molecule is CC.CC.Cc1ccc(C(C)C)c2cccnc12. The van der Waals surface area contributed by atoms with Crippen LogP contribution in [0.1, 0.15) is 58.6 Å². The van der Waals surface area contributed by atoms with Crippen LogP contribution in [-0.4, -0.2) is 4.98 Å². The third-order valence-corrected chi connectivity index (χ3v) is 2.63. The number of nitrogens with zero attached hydrogens (tertiary/aromatic N) is 1. The maximum absolute atomic E-state index is 4.42. The first-order valence-electron chi connectivity index (χ1n) is 7.04. The van der Waals surface area contributed by atoms with Crippen LogP contribution in [0.3, 0.4) is 0 Å². The normalized spacial score (nSPS) is 9.33. The lowest BCUT2D eigenvalue weighted by Gasteiger charge is -2.10. The molecule has 0 aliphatic carbocycles. The summed E-state index contributed by atoms with van der Waals surface area (Å²) < 4.78 is 0. The first-order chi connectivity index (χ1) is 8.70. The van der Waals surface area contributed by atoms with Gasteiger partial charge in [0.2, 0.25) is 0 Å². The summed E-state index contributed by atoms with van der Waals surface area (Å²) >= 11 is 0. The molecule has 0 unspecified atom stereocenters. The molecule has 1 aromatic heterocycles. The van der Waals surface area contributed by atoms with Crippen molar-refractivity contribution in [3.63, 3.8) is 0 Å². The van der Waals surface area contributed by atoms with Gasteiger partial charge in [0.1, 0.15) is 0 Å². The zero-order chi connectivity index (χ0) is 14.1. The van der Waals surface area contributed by atoms with Gasteiger partial charge in [-0.2, -0.15) is 0 Å². The minimum atomic E-state index is 0.558. The molecule has 100 valence electrons. The fourth-order valence-electron chi connectivity index (χ4n) is 1.84. The van der Waals surface area contributed by atoms with Crippen molar-refractivity contribution in [3.8, 4) is 0 Å². The summed E-state index contributed by atoms with van der Waals surface area (Å²) in [5.41, 5.74) is 3.78. The van der Waals surface area contributed by atoms with Gasteiger partial charge in [-0.15, -0.1) is 0 Å². The zero-order valence-corrected chi connectivity index (χ0v) is 12.9. The standard InChI is InChI=1S/C13H15N.2C2H6/c1-9(2)11-7-6-10(3)13-12(11)5-4-8-14-13;2*1-2/h4-9H,1-3H3;2*1-2H3. The van der Waals surface area contributed by atoms with Gasteiger partial charge in [0, 0.05) is 11.6 Å². The Morgan fingerprint density at radius 3 is 2.11 bits per heavy atom. The topological polar surface area (TPSA) is 12.9 Å². The lowest BCUT2D eigenvalue weighted by molar-refractivity contribution is 0.875. The van der Waals surface area contributed by atoms with Gasteiger partial charge in [-0.25, -0.2) is 0 Å². The molecule has 0 saturated heterocycles. The highest BCUT2D eigenvalue weighted by molar-refractivity contribution is 5.85. The molecule has 0 fully saturated rings. The molecule has 0 aliphatic heterocycles. The molecule has 0 radical (unpaired) electrons. The van der Waals surface area contributed by atoms with Crippen molar-refractivity contribution < 1.29 is 0 Å². The quantitative estimate of drug-likeness (QED) is 0.626. The van der Waals surface area contributed by atoms with Crippen molar-refractivity contribution in [1.82, 2.24) is 4.98 Å². The molecule has 2 aromatic rings. The molecular formula is C17H27N. The number of pyridine rings is 1. The summed E-state index contributed by atoms with van der Waals surface area (Å²) in [6.45, 7) is 14.5. The second-order valence-corrected chi connectivity index (χ2v) is 4.03. The lowest BCUT2D eigenvalue weighted by Crippen LogP contribution is -1.92. The van der Waals surface area contributed by atoms with Crippen LogP contribution in [0.4, 0.5) is 0 Å². The van der Waals surface area contributed by atoms with E-state index in [0.717, 1.165) is 5.52 Å². The van der Waals surface area contributed by atoms with Gasteiger partial charge in [0.15, 0.2) is 0 Å². The molecule has 1 heterocycles. The van der Waals surface area contributed by atoms with Gasteiger partial charge in [0.05, 0.1) is 5.52 Å². The van der Waals surface area contributed by atoms with E-state index >= 15 is 0 Å². The number of aromatic nitrogens is 1. The third kappa shape index (κ3) is 3.83. The zero-order valence-electron chi connectivity index (χ0n) is 12.9. The average Bonchev–Trinajstić information content (AvgIpc) is 2.43. The molecule has 1 aromatic carbocycles. The molecule has 0 N–H and O–H groups in total. The maximum atomic E-state index is 4.42. The van der Waals surface area contributed by atoms with Gasteiger partial charge >= 0.3 is 0 Å². The van der Waals surface area contributed by atoms with Crippen molar-refractivity contribution in [2.75, 3.05) is 0 Å². The third-order valence-electron chi connectivity index (χ3n) is 2.63. The number of rotatable bonds is 1. The van der Waals surface area contributed by atoms with E-state index in [-0.39, 0.29) is 0 Å². The van der Waals surface area contributed by atoms with Crippen LogP contribution in [0, 0.1) is 6.92 Å². The Kier molecular flexibility index (Phi) is 8.02. The van der Waals surface area contributed by atoms with Crippen LogP contribution >= 0.6 is 0 Å². The van der Waals surface area contributed by atoms with Crippen molar-refractivity contribution >= 4 is 10.9 Å². The second kappa shape index (κ2) is 8.68. The number of hydrogen-bond donors (Lipinski definition) is 0. The van der Waals surface area contributed by atoms with E-state index in [0.29, 0.717) is 5.92 Å². The van der Waals surface area contributed by atoms with Crippen LogP contribution in [0.25, 0.3) is 10.9 Å².